The molecular weight excluding hydrogens is 218 g/mol. The second kappa shape index (κ2) is 4.84. The van der Waals surface area contributed by atoms with E-state index in [2.05, 4.69) is 5.32 Å². The predicted molar refractivity (Wildman–Crippen MR) is 66.8 cm³/mol. The zero-order chi connectivity index (χ0) is 12.3. The largest absolute Gasteiger partial charge is 0.486 e. The third kappa shape index (κ3) is 3.53. The Morgan fingerprint density at radius 2 is 1.94 bits per heavy atom. The molecule has 1 aliphatic rings. The van der Waals surface area contributed by atoms with Crippen LogP contribution in [0.5, 0.6) is 11.5 Å². The minimum atomic E-state index is -0.638. The van der Waals surface area contributed by atoms with E-state index in [4.69, 9.17) is 9.47 Å². The van der Waals surface area contributed by atoms with Crippen molar-refractivity contribution in [1.29, 1.82) is 0 Å². The minimum absolute atomic E-state index is 0.597. The highest BCUT2D eigenvalue weighted by Crippen LogP contribution is 2.32. The normalized spacial score (nSPS) is 14.5. The van der Waals surface area contributed by atoms with Crippen molar-refractivity contribution in [3.63, 3.8) is 0 Å². The van der Waals surface area contributed by atoms with Crippen LogP contribution in [0, 0.1) is 0 Å². The van der Waals surface area contributed by atoms with Gasteiger partial charge in [0.1, 0.15) is 13.2 Å². The molecule has 1 aliphatic heterocycles. The molecule has 0 radical (unpaired) electrons. The Balaban J connectivity index is 1.93. The minimum Gasteiger partial charge on any atom is -0.486 e. The van der Waals surface area contributed by atoms with Crippen LogP contribution in [0.1, 0.15) is 20.3 Å². The molecule has 1 aromatic rings. The Kier molecular flexibility index (Phi) is 3.43. The van der Waals surface area contributed by atoms with E-state index in [1.165, 1.54) is 0 Å². The van der Waals surface area contributed by atoms with Crippen molar-refractivity contribution in [2.75, 3.05) is 25.1 Å². The summed E-state index contributed by atoms with van der Waals surface area (Å²) in [6, 6.07) is 5.79. The van der Waals surface area contributed by atoms with Gasteiger partial charge in [-0.2, -0.15) is 0 Å². The van der Waals surface area contributed by atoms with Crippen molar-refractivity contribution in [2.24, 2.45) is 0 Å². The van der Waals surface area contributed by atoms with Crippen LogP contribution in [0.3, 0.4) is 0 Å². The molecule has 0 unspecified atom stereocenters. The van der Waals surface area contributed by atoms with Crippen molar-refractivity contribution in [2.45, 2.75) is 25.9 Å². The number of rotatable bonds is 4. The molecule has 1 heterocycles. The lowest BCUT2D eigenvalue weighted by atomic mass is 10.1. The molecule has 0 aliphatic carbocycles. The first-order valence-corrected chi connectivity index (χ1v) is 5.90. The van der Waals surface area contributed by atoms with Crippen molar-refractivity contribution >= 4 is 5.69 Å². The number of ether oxygens (including phenoxy) is 2. The summed E-state index contributed by atoms with van der Waals surface area (Å²) < 4.78 is 10.9. The molecule has 17 heavy (non-hydrogen) atoms. The average molecular weight is 237 g/mol. The molecule has 0 amide bonds. The number of anilines is 1. The van der Waals surface area contributed by atoms with Gasteiger partial charge in [0.2, 0.25) is 0 Å². The monoisotopic (exact) mass is 237 g/mol. The highest BCUT2D eigenvalue weighted by Gasteiger charge is 2.13. The van der Waals surface area contributed by atoms with Crippen molar-refractivity contribution in [3.8, 4) is 11.5 Å². The standard InChI is InChI=1S/C13H19NO3/c1-13(2,15)5-6-14-10-3-4-11-12(9-10)17-8-7-16-11/h3-4,9,14-15H,5-8H2,1-2H3. The summed E-state index contributed by atoms with van der Waals surface area (Å²) >= 11 is 0. The van der Waals surface area contributed by atoms with Crippen LogP contribution in [0.15, 0.2) is 18.2 Å². The maximum Gasteiger partial charge on any atom is 0.163 e. The summed E-state index contributed by atoms with van der Waals surface area (Å²) in [5.41, 5.74) is 0.347. The molecule has 0 spiro atoms. The Hall–Kier alpha value is -1.42. The molecule has 0 atom stereocenters. The second-order valence-electron chi connectivity index (χ2n) is 4.85. The molecule has 0 aromatic heterocycles. The third-order valence-corrected chi connectivity index (χ3v) is 2.61. The Morgan fingerprint density at radius 3 is 2.65 bits per heavy atom. The second-order valence-corrected chi connectivity index (χ2v) is 4.85. The lowest BCUT2D eigenvalue weighted by Crippen LogP contribution is -2.22. The van der Waals surface area contributed by atoms with E-state index in [0.717, 1.165) is 23.7 Å². The molecule has 2 N–H and O–H groups in total. The van der Waals surface area contributed by atoms with E-state index in [-0.39, 0.29) is 0 Å². The van der Waals surface area contributed by atoms with Crippen molar-refractivity contribution < 1.29 is 14.6 Å². The molecular formula is C13H19NO3. The Bertz CT molecular complexity index is 385. The van der Waals surface area contributed by atoms with Crippen molar-refractivity contribution in [1.82, 2.24) is 0 Å². The number of hydrogen-bond acceptors (Lipinski definition) is 4. The van der Waals surface area contributed by atoms with Crippen LogP contribution in [-0.4, -0.2) is 30.5 Å². The first-order valence-electron chi connectivity index (χ1n) is 5.90. The van der Waals surface area contributed by atoms with Crippen LogP contribution in [0.4, 0.5) is 5.69 Å². The lowest BCUT2D eigenvalue weighted by Gasteiger charge is -2.20. The number of nitrogens with one attached hydrogen (secondary N) is 1. The highest BCUT2D eigenvalue weighted by molar-refractivity contribution is 5.55. The van der Waals surface area contributed by atoms with Gasteiger partial charge < -0.3 is 19.9 Å². The summed E-state index contributed by atoms with van der Waals surface area (Å²) in [6.07, 6.45) is 0.696. The van der Waals surface area contributed by atoms with E-state index in [1.54, 1.807) is 13.8 Å². The van der Waals surface area contributed by atoms with Crippen LogP contribution >= 0.6 is 0 Å². The molecule has 0 fully saturated rings. The van der Waals surface area contributed by atoms with E-state index < -0.39 is 5.60 Å². The van der Waals surface area contributed by atoms with Crippen LogP contribution in [0.25, 0.3) is 0 Å². The van der Waals surface area contributed by atoms with Crippen LogP contribution in [-0.2, 0) is 0 Å². The van der Waals surface area contributed by atoms with Gasteiger partial charge in [-0.05, 0) is 32.4 Å². The number of aliphatic hydroxyl groups is 1. The maximum absolute atomic E-state index is 9.60. The fourth-order valence-electron chi connectivity index (χ4n) is 1.67. The van der Waals surface area contributed by atoms with Gasteiger partial charge in [0, 0.05) is 18.3 Å². The van der Waals surface area contributed by atoms with Gasteiger partial charge in [-0.1, -0.05) is 0 Å². The lowest BCUT2D eigenvalue weighted by molar-refractivity contribution is 0.0749. The molecule has 1 aromatic carbocycles. The summed E-state index contributed by atoms with van der Waals surface area (Å²) in [7, 11) is 0. The first kappa shape index (κ1) is 12.0. The van der Waals surface area contributed by atoms with Crippen LogP contribution < -0.4 is 14.8 Å². The van der Waals surface area contributed by atoms with E-state index in [0.29, 0.717) is 19.6 Å². The van der Waals surface area contributed by atoms with Crippen molar-refractivity contribution in [3.05, 3.63) is 18.2 Å². The molecule has 4 heteroatoms. The van der Waals surface area contributed by atoms with Gasteiger partial charge in [0.05, 0.1) is 5.60 Å². The molecule has 94 valence electrons. The molecule has 4 nitrogen and oxygen atoms in total. The third-order valence-electron chi connectivity index (χ3n) is 2.61. The summed E-state index contributed by atoms with van der Waals surface area (Å²) in [5.74, 6) is 1.58. The number of hydrogen-bond donors (Lipinski definition) is 2. The van der Waals surface area contributed by atoms with Crippen LogP contribution in [0.2, 0.25) is 0 Å². The summed E-state index contributed by atoms with van der Waals surface area (Å²) in [4.78, 5) is 0. The van der Waals surface area contributed by atoms with Gasteiger partial charge in [0.15, 0.2) is 11.5 Å². The van der Waals surface area contributed by atoms with Gasteiger partial charge in [0.25, 0.3) is 0 Å². The van der Waals surface area contributed by atoms with Gasteiger partial charge in [-0.25, -0.2) is 0 Å². The quantitative estimate of drug-likeness (QED) is 0.841. The summed E-state index contributed by atoms with van der Waals surface area (Å²) in [6.45, 7) is 5.54. The Labute approximate surface area is 102 Å². The maximum atomic E-state index is 9.60. The van der Waals surface area contributed by atoms with Gasteiger partial charge in [-0.15, -0.1) is 0 Å². The van der Waals surface area contributed by atoms with Gasteiger partial charge >= 0.3 is 0 Å². The Morgan fingerprint density at radius 1 is 1.24 bits per heavy atom. The zero-order valence-corrected chi connectivity index (χ0v) is 10.3. The predicted octanol–water partition coefficient (Wildman–Crippen LogP) is 2.03. The highest BCUT2D eigenvalue weighted by atomic mass is 16.6. The van der Waals surface area contributed by atoms with E-state index in [1.807, 2.05) is 18.2 Å². The first-order chi connectivity index (χ1) is 8.04. The molecule has 0 saturated heterocycles. The molecule has 0 bridgehead atoms. The average Bonchev–Trinajstić information content (AvgIpc) is 2.27. The topological polar surface area (TPSA) is 50.7 Å². The van der Waals surface area contributed by atoms with E-state index in [9.17, 15) is 5.11 Å². The molecule has 2 rings (SSSR count). The number of fused-ring (bicyclic) bond motifs is 1. The summed E-state index contributed by atoms with van der Waals surface area (Å²) in [5, 5.41) is 12.9. The SMILES string of the molecule is CC(C)(O)CCNc1ccc2c(c1)OCCO2. The fraction of sp³-hybridized carbons (Fsp3) is 0.538. The van der Waals surface area contributed by atoms with E-state index >= 15 is 0 Å². The molecule has 0 saturated carbocycles. The fourth-order valence-corrected chi connectivity index (χ4v) is 1.67. The van der Waals surface area contributed by atoms with Gasteiger partial charge in [-0.3, -0.25) is 0 Å². The smallest absolute Gasteiger partial charge is 0.163 e. The zero-order valence-electron chi connectivity index (χ0n) is 10.3. The number of benzene rings is 1.